The van der Waals surface area contributed by atoms with Gasteiger partial charge < -0.3 is 15.4 Å². The first kappa shape index (κ1) is 24.3. The molecule has 0 saturated carbocycles. The number of benzene rings is 3. The van der Waals surface area contributed by atoms with Crippen LogP contribution in [0.3, 0.4) is 0 Å². The minimum Gasteiger partial charge on any atom is -0.495 e. The molecule has 7 nitrogen and oxygen atoms in total. The van der Waals surface area contributed by atoms with Gasteiger partial charge in [-0.25, -0.2) is 4.90 Å². The van der Waals surface area contributed by atoms with E-state index in [0.717, 1.165) is 16.0 Å². The van der Waals surface area contributed by atoms with Crippen LogP contribution in [0.5, 0.6) is 5.75 Å². The van der Waals surface area contributed by atoms with Gasteiger partial charge in [-0.2, -0.15) is 0 Å². The zero-order chi connectivity index (χ0) is 25.3. The highest BCUT2D eigenvalue weighted by molar-refractivity contribution is 6.53. The number of ether oxygens (including phenoxy) is 1. The molecule has 1 aliphatic heterocycles. The van der Waals surface area contributed by atoms with Crippen molar-refractivity contribution in [3.63, 3.8) is 0 Å². The van der Waals surface area contributed by atoms with Gasteiger partial charge in [-0.1, -0.05) is 35.3 Å². The van der Waals surface area contributed by atoms with Crippen LogP contribution in [0, 0.1) is 13.8 Å². The lowest BCUT2D eigenvalue weighted by Gasteiger charge is -2.18. The molecule has 9 heteroatoms. The van der Waals surface area contributed by atoms with Crippen molar-refractivity contribution >= 4 is 58.0 Å². The van der Waals surface area contributed by atoms with E-state index in [1.54, 1.807) is 48.5 Å². The van der Waals surface area contributed by atoms with Crippen molar-refractivity contribution in [1.82, 2.24) is 0 Å². The van der Waals surface area contributed by atoms with E-state index in [9.17, 15) is 14.4 Å². The van der Waals surface area contributed by atoms with Crippen molar-refractivity contribution < 1.29 is 19.1 Å². The third-order valence-corrected chi connectivity index (χ3v) is 6.04. The van der Waals surface area contributed by atoms with Crippen LogP contribution < -0.4 is 20.3 Å². The van der Waals surface area contributed by atoms with E-state index in [4.69, 9.17) is 27.9 Å². The van der Waals surface area contributed by atoms with Crippen molar-refractivity contribution in [2.24, 2.45) is 0 Å². The van der Waals surface area contributed by atoms with Crippen LogP contribution in [-0.4, -0.2) is 24.8 Å². The number of methoxy groups -OCH3 is 1. The minimum atomic E-state index is -0.598. The average molecular weight is 510 g/mol. The number of hydrogen-bond acceptors (Lipinski definition) is 5. The fraction of sp³-hybridized carbons (Fsp3) is 0.115. The van der Waals surface area contributed by atoms with Crippen LogP contribution in [0.1, 0.15) is 21.5 Å². The number of nitrogens with zero attached hydrogens (tertiary/aromatic N) is 1. The summed E-state index contributed by atoms with van der Waals surface area (Å²) < 4.78 is 5.25. The number of aryl methyl sites for hydroxylation is 2. The van der Waals surface area contributed by atoms with Crippen molar-refractivity contribution in [1.29, 1.82) is 0 Å². The molecule has 3 aromatic carbocycles. The van der Waals surface area contributed by atoms with Gasteiger partial charge in [-0.05, 0) is 73.5 Å². The first-order chi connectivity index (χ1) is 16.7. The Hall–Kier alpha value is -3.81. The Morgan fingerprint density at radius 2 is 1.63 bits per heavy atom. The number of rotatable bonds is 6. The molecule has 0 unspecified atom stereocenters. The van der Waals surface area contributed by atoms with Crippen LogP contribution in [-0.2, 0) is 9.59 Å². The zero-order valence-corrected chi connectivity index (χ0v) is 20.6. The largest absolute Gasteiger partial charge is 0.495 e. The monoisotopic (exact) mass is 509 g/mol. The third-order valence-electron chi connectivity index (χ3n) is 5.46. The Kier molecular flexibility index (Phi) is 6.82. The maximum Gasteiger partial charge on any atom is 0.283 e. The number of nitrogens with one attached hydrogen (secondary N) is 2. The molecule has 0 atom stereocenters. The number of carbonyl (C=O) groups excluding carboxylic acids is 3. The molecule has 3 amide bonds. The Morgan fingerprint density at radius 3 is 2.31 bits per heavy atom. The predicted molar refractivity (Wildman–Crippen MR) is 137 cm³/mol. The van der Waals surface area contributed by atoms with Crippen LogP contribution >= 0.6 is 23.2 Å². The maximum absolute atomic E-state index is 13.1. The highest BCUT2D eigenvalue weighted by Gasteiger charge is 2.39. The van der Waals surface area contributed by atoms with Crippen LogP contribution in [0.2, 0.25) is 5.02 Å². The Bertz CT molecular complexity index is 1380. The molecule has 0 fully saturated rings. The first-order valence-electron chi connectivity index (χ1n) is 10.6. The summed E-state index contributed by atoms with van der Waals surface area (Å²) >= 11 is 12.3. The van der Waals surface area contributed by atoms with Gasteiger partial charge in [-0.3, -0.25) is 14.4 Å². The number of anilines is 3. The van der Waals surface area contributed by atoms with Gasteiger partial charge in [0.2, 0.25) is 0 Å². The molecule has 1 heterocycles. The van der Waals surface area contributed by atoms with E-state index in [-0.39, 0.29) is 16.6 Å². The summed E-state index contributed by atoms with van der Waals surface area (Å²) in [5, 5.41) is 5.92. The van der Waals surface area contributed by atoms with Gasteiger partial charge in [0.15, 0.2) is 0 Å². The summed E-state index contributed by atoms with van der Waals surface area (Å²) in [6.07, 6.45) is 0. The van der Waals surface area contributed by atoms with E-state index < -0.39 is 11.8 Å². The Balaban J connectivity index is 1.51. The Morgan fingerprint density at radius 1 is 0.914 bits per heavy atom. The van der Waals surface area contributed by atoms with Crippen LogP contribution in [0.15, 0.2) is 71.4 Å². The van der Waals surface area contributed by atoms with E-state index in [1.807, 2.05) is 26.0 Å². The molecule has 0 aromatic heterocycles. The summed E-state index contributed by atoms with van der Waals surface area (Å²) in [6.45, 7) is 3.69. The molecule has 0 aliphatic carbocycles. The lowest BCUT2D eigenvalue weighted by Crippen LogP contribution is -2.32. The molecule has 0 saturated heterocycles. The summed E-state index contributed by atoms with van der Waals surface area (Å²) in [7, 11) is 1.50. The summed E-state index contributed by atoms with van der Waals surface area (Å²) in [6, 6.07) is 16.8. The predicted octanol–water partition coefficient (Wildman–Crippen LogP) is 5.65. The quantitative estimate of drug-likeness (QED) is 0.419. The Labute approximate surface area is 212 Å². The molecule has 1 aliphatic rings. The van der Waals surface area contributed by atoms with Gasteiger partial charge in [0.25, 0.3) is 17.7 Å². The van der Waals surface area contributed by atoms with Gasteiger partial charge in [0.1, 0.15) is 16.5 Å². The smallest absolute Gasteiger partial charge is 0.283 e. The minimum absolute atomic E-state index is 0.0292. The van der Waals surface area contributed by atoms with Gasteiger partial charge in [0.05, 0.1) is 18.5 Å². The van der Waals surface area contributed by atoms with Crippen molar-refractivity contribution in [2.45, 2.75) is 13.8 Å². The summed E-state index contributed by atoms with van der Waals surface area (Å²) in [5.41, 5.74) is 3.42. The van der Waals surface area contributed by atoms with Crippen LogP contribution in [0.25, 0.3) is 0 Å². The summed E-state index contributed by atoms with van der Waals surface area (Å²) in [5.74, 6) is -1.05. The van der Waals surface area contributed by atoms with Crippen LogP contribution in [0.4, 0.5) is 17.1 Å². The second-order valence-electron chi connectivity index (χ2n) is 7.93. The lowest BCUT2D eigenvalue weighted by molar-refractivity contribution is -0.120. The zero-order valence-electron chi connectivity index (χ0n) is 19.1. The topological polar surface area (TPSA) is 87.7 Å². The first-order valence-corrected chi connectivity index (χ1v) is 11.3. The van der Waals surface area contributed by atoms with Gasteiger partial charge >= 0.3 is 0 Å². The molecule has 3 aromatic rings. The second-order valence-corrected chi connectivity index (χ2v) is 8.74. The maximum atomic E-state index is 13.1. The van der Waals surface area contributed by atoms with Crippen molar-refractivity contribution in [2.75, 3.05) is 22.6 Å². The normalized spacial score (nSPS) is 13.3. The fourth-order valence-electron chi connectivity index (χ4n) is 3.61. The molecule has 178 valence electrons. The van der Waals surface area contributed by atoms with E-state index in [0.29, 0.717) is 33.4 Å². The van der Waals surface area contributed by atoms with Crippen molar-refractivity contribution in [3.05, 3.63) is 93.1 Å². The molecule has 0 bridgehead atoms. The molecule has 4 rings (SSSR count). The highest BCUT2D eigenvalue weighted by Crippen LogP contribution is 2.33. The molecule has 0 radical (unpaired) electrons. The van der Waals surface area contributed by atoms with Crippen molar-refractivity contribution in [3.8, 4) is 5.75 Å². The molecule has 2 N–H and O–H groups in total. The average Bonchev–Trinajstić information content (AvgIpc) is 3.04. The SMILES string of the molecule is COc1ccc(Cl)cc1NC(=O)c1ccc(NC2=C(Cl)C(=O)N(c3cc(C)ccc3C)C2=O)cc1. The number of halogens is 2. The third kappa shape index (κ3) is 4.87. The number of carbonyl (C=O) groups is 3. The number of imide groups is 1. The van der Waals surface area contributed by atoms with E-state index in [2.05, 4.69) is 10.6 Å². The fourth-order valence-corrected chi connectivity index (χ4v) is 4.00. The molecular weight excluding hydrogens is 489 g/mol. The van der Waals surface area contributed by atoms with Gasteiger partial charge in [-0.15, -0.1) is 0 Å². The molecule has 0 spiro atoms. The summed E-state index contributed by atoms with van der Waals surface area (Å²) in [4.78, 5) is 39.6. The van der Waals surface area contributed by atoms with E-state index in [1.165, 1.54) is 7.11 Å². The van der Waals surface area contributed by atoms with E-state index >= 15 is 0 Å². The number of hydrogen-bond donors (Lipinski definition) is 2. The molecular formula is C26H21Cl2N3O4. The second kappa shape index (κ2) is 9.82. The molecule has 35 heavy (non-hydrogen) atoms. The van der Waals surface area contributed by atoms with Gasteiger partial charge in [0, 0.05) is 16.3 Å². The lowest BCUT2D eigenvalue weighted by atomic mass is 10.1. The highest BCUT2D eigenvalue weighted by atomic mass is 35.5. The standard InChI is InChI=1S/C26H21Cl2N3O4/c1-14-4-5-15(2)20(12-14)31-25(33)22(28)23(26(31)34)29-18-9-6-16(7-10-18)24(32)30-19-13-17(27)8-11-21(19)35-3/h4-13,29H,1-3H3,(H,30,32). The number of amides is 3.